The molecule has 0 aromatic heterocycles. The third-order valence-electron chi connectivity index (χ3n) is 1.73. The molecule has 0 heterocycles. The van der Waals surface area contributed by atoms with Crippen molar-refractivity contribution in [1.82, 2.24) is 0 Å². The van der Waals surface area contributed by atoms with Crippen molar-refractivity contribution < 1.29 is 4.39 Å². The van der Waals surface area contributed by atoms with E-state index < -0.39 is 0 Å². The van der Waals surface area contributed by atoms with Gasteiger partial charge in [-0.05, 0) is 18.6 Å². The van der Waals surface area contributed by atoms with Crippen LogP contribution in [0.25, 0.3) is 5.70 Å². The van der Waals surface area contributed by atoms with Crippen LogP contribution >= 0.6 is 0 Å². The van der Waals surface area contributed by atoms with Crippen molar-refractivity contribution in [2.24, 2.45) is 5.73 Å². The number of benzene rings is 1. The molecule has 13 heavy (non-hydrogen) atoms. The number of halogens is 1. The standard InChI is InChI=1S/C10H9FN2/c1-7-2-3-8(6-9(7)11)10(13)4-5-12/h2-4,6H,13H2,1H3/b10-4-. The van der Waals surface area contributed by atoms with Gasteiger partial charge in [-0.3, -0.25) is 0 Å². The zero-order valence-corrected chi connectivity index (χ0v) is 7.21. The summed E-state index contributed by atoms with van der Waals surface area (Å²) in [5.74, 6) is -0.313. The molecule has 0 aliphatic rings. The third kappa shape index (κ3) is 2.06. The average molecular weight is 176 g/mol. The number of allylic oxidation sites excluding steroid dienone is 1. The number of aryl methyl sites for hydroxylation is 1. The Bertz CT molecular complexity index is 388. The highest BCUT2D eigenvalue weighted by Gasteiger charge is 2.00. The van der Waals surface area contributed by atoms with E-state index in [0.717, 1.165) is 0 Å². The Morgan fingerprint density at radius 1 is 1.62 bits per heavy atom. The van der Waals surface area contributed by atoms with Crippen LogP contribution in [0, 0.1) is 24.1 Å². The molecule has 1 aromatic rings. The van der Waals surface area contributed by atoms with Gasteiger partial charge in [-0.15, -0.1) is 0 Å². The summed E-state index contributed by atoms with van der Waals surface area (Å²) in [4.78, 5) is 0. The molecule has 0 aliphatic heterocycles. The zero-order valence-electron chi connectivity index (χ0n) is 7.21. The van der Waals surface area contributed by atoms with E-state index in [9.17, 15) is 4.39 Å². The van der Waals surface area contributed by atoms with E-state index in [1.54, 1.807) is 25.1 Å². The summed E-state index contributed by atoms with van der Waals surface area (Å²) in [6.07, 6.45) is 1.18. The minimum absolute atomic E-state index is 0.279. The second-order valence-corrected chi connectivity index (χ2v) is 2.69. The number of nitrogens with zero attached hydrogens (tertiary/aromatic N) is 1. The quantitative estimate of drug-likeness (QED) is 0.665. The highest BCUT2D eigenvalue weighted by Crippen LogP contribution is 2.13. The predicted octanol–water partition coefficient (Wildman–Crippen LogP) is 1.96. The molecule has 0 unspecified atom stereocenters. The van der Waals surface area contributed by atoms with Crippen molar-refractivity contribution in [2.75, 3.05) is 0 Å². The first kappa shape index (κ1) is 9.27. The highest BCUT2D eigenvalue weighted by atomic mass is 19.1. The van der Waals surface area contributed by atoms with Gasteiger partial charge in [0, 0.05) is 17.3 Å². The van der Waals surface area contributed by atoms with Crippen LogP contribution in [0.5, 0.6) is 0 Å². The van der Waals surface area contributed by atoms with Gasteiger partial charge in [0.15, 0.2) is 0 Å². The number of nitrogens with two attached hydrogens (primary N) is 1. The van der Waals surface area contributed by atoms with Gasteiger partial charge in [-0.2, -0.15) is 5.26 Å². The van der Waals surface area contributed by atoms with Crippen LogP contribution in [0.3, 0.4) is 0 Å². The normalized spacial score (nSPS) is 11.0. The monoisotopic (exact) mass is 176 g/mol. The molecule has 0 aliphatic carbocycles. The van der Waals surface area contributed by atoms with Crippen molar-refractivity contribution in [3.8, 4) is 6.07 Å². The second-order valence-electron chi connectivity index (χ2n) is 2.69. The maximum Gasteiger partial charge on any atom is 0.126 e. The largest absolute Gasteiger partial charge is 0.398 e. The molecule has 0 bridgehead atoms. The SMILES string of the molecule is Cc1ccc(/C(N)=C/C#N)cc1F. The molecule has 0 amide bonds. The lowest BCUT2D eigenvalue weighted by Crippen LogP contribution is -1.97. The molecule has 1 aromatic carbocycles. The lowest BCUT2D eigenvalue weighted by atomic mass is 10.1. The lowest BCUT2D eigenvalue weighted by molar-refractivity contribution is 0.618. The van der Waals surface area contributed by atoms with E-state index in [2.05, 4.69) is 0 Å². The van der Waals surface area contributed by atoms with Crippen LogP contribution in [0.4, 0.5) is 4.39 Å². The van der Waals surface area contributed by atoms with E-state index >= 15 is 0 Å². The summed E-state index contributed by atoms with van der Waals surface area (Å²) in [5, 5.41) is 8.32. The van der Waals surface area contributed by atoms with Gasteiger partial charge in [0.25, 0.3) is 0 Å². The van der Waals surface area contributed by atoms with Crippen LogP contribution in [-0.2, 0) is 0 Å². The summed E-state index contributed by atoms with van der Waals surface area (Å²) >= 11 is 0. The van der Waals surface area contributed by atoms with E-state index in [0.29, 0.717) is 11.1 Å². The van der Waals surface area contributed by atoms with E-state index in [1.807, 2.05) is 0 Å². The van der Waals surface area contributed by atoms with Gasteiger partial charge in [0.2, 0.25) is 0 Å². The Balaban J connectivity index is 3.13. The van der Waals surface area contributed by atoms with Crippen molar-refractivity contribution >= 4 is 5.70 Å². The van der Waals surface area contributed by atoms with Gasteiger partial charge >= 0.3 is 0 Å². The van der Waals surface area contributed by atoms with Crippen LogP contribution in [-0.4, -0.2) is 0 Å². The van der Waals surface area contributed by atoms with E-state index in [-0.39, 0.29) is 11.5 Å². The molecule has 66 valence electrons. The summed E-state index contributed by atoms with van der Waals surface area (Å²) in [5.41, 5.74) is 6.87. The zero-order chi connectivity index (χ0) is 9.84. The van der Waals surface area contributed by atoms with Crippen LogP contribution in [0.15, 0.2) is 24.3 Å². The first-order valence-corrected chi connectivity index (χ1v) is 3.77. The fraction of sp³-hybridized carbons (Fsp3) is 0.100. The average Bonchev–Trinajstić information content (AvgIpc) is 2.10. The minimum atomic E-state index is -0.313. The second kappa shape index (κ2) is 3.72. The lowest BCUT2D eigenvalue weighted by Gasteiger charge is -2.01. The molecule has 0 radical (unpaired) electrons. The Labute approximate surface area is 76.1 Å². The first-order valence-electron chi connectivity index (χ1n) is 3.77. The molecular formula is C10H9FN2. The highest BCUT2D eigenvalue weighted by molar-refractivity contribution is 5.64. The van der Waals surface area contributed by atoms with Gasteiger partial charge in [0.05, 0.1) is 6.07 Å². The fourth-order valence-corrected chi connectivity index (χ4v) is 0.925. The van der Waals surface area contributed by atoms with Gasteiger partial charge < -0.3 is 5.73 Å². The maximum atomic E-state index is 13.0. The number of hydrogen-bond donors (Lipinski definition) is 1. The van der Waals surface area contributed by atoms with E-state index in [4.69, 9.17) is 11.0 Å². The molecule has 0 fully saturated rings. The molecule has 1 rings (SSSR count). The number of nitriles is 1. The molecular weight excluding hydrogens is 167 g/mol. The minimum Gasteiger partial charge on any atom is -0.398 e. The molecule has 2 nitrogen and oxygen atoms in total. The Morgan fingerprint density at radius 2 is 2.31 bits per heavy atom. The molecule has 3 heteroatoms. The molecule has 0 atom stereocenters. The van der Waals surface area contributed by atoms with Crippen molar-refractivity contribution in [1.29, 1.82) is 5.26 Å². The van der Waals surface area contributed by atoms with Crippen molar-refractivity contribution in [3.63, 3.8) is 0 Å². The van der Waals surface area contributed by atoms with E-state index in [1.165, 1.54) is 12.1 Å². The molecule has 0 saturated carbocycles. The Kier molecular flexibility index (Phi) is 2.65. The summed E-state index contributed by atoms with van der Waals surface area (Å²) in [6, 6.07) is 6.42. The predicted molar refractivity (Wildman–Crippen MR) is 48.9 cm³/mol. The maximum absolute atomic E-state index is 13.0. The Hall–Kier alpha value is -1.82. The molecule has 0 spiro atoms. The smallest absolute Gasteiger partial charge is 0.126 e. The van der Waals surface area contributed by atoms with Crippen LogP contribution in [0.2, 0.25) is 0 Å². The fourth-order valence-electron chi connectivity index (χ4n) is 0.925. The Morgan fingerprint density at radius 3 is 2.85 bits per heavy atom. The van der Waals surface area contributed by atoms with Crippen molar-refractivity contribution in [2.45, 2.75) is 6.92 Å². The summed E-state index contributed by atoms with van der Waals surface area (Å²) in [6.45, 7) is 1.67. The van der Waals surface area contributed by atoms with Gasteiger partial charge in [-0.1, -0.05) is 12.1 Å². The number of hydrogen-bond acceptors (Lipinski definition) is 2. The van der Waals surface area contributed by atoms with Gasteiger partial charge in [-0.25, -0.2) is 4.39 Å². The molecule has 0 saturated heterocycles. The van der Waals surface area contributed by atoms with Crippen LogP contribution < -0.4 is 5.73 Å². The third-order valence-corrected chi connectivity index (χ3v) is 1.73. The summed E-state index contributed by atoms with van der Waals surface area (Å²) in [7, 11) is 0. The number of rotatable bonds is 1. The van der Waals surface area contributed by atoms with Crippen molar-refractivity contribution in [3.05, 3.63) is 41.2 Å². The molecule has 2 N–H and O–H groups in total. The van der Waals surface area contributed by atoms with Gasteiger partial charge in [0.1, 0.15) is 5.82 Å². The first-order chi connectivity index (χ1) is 6.15. The topological polar surface area (TPSA) is 49.8 Å². The van der Waals surface area contributed by atoms with Crippen LogP contribution in [0.1, 0.15) is 11.1 Å². The summed E-state index contributed by atoms with van der Waals surface area (Å²) < 4.78 is 13.0.